The molecule has 1 aromatic heterocycles. The van der Waals surface area contributed by atoms with E-state index in [1.165, 1.54) is 37.6 Å². The van der Waals surface area contributed by atoms with Crippen LogP contribution in [0.3, 0.4) is 0 Å². The summed E-state index contributed by atoms with van der Waals surface area (Å²) in [4.78, 5) is 28.9. The lowest BCUT2D eigenvalue weighted by Gasteiger charge is -2.13. The van der Waals surface area contributed by atoms with Gasteiger partial charge in [0.15, 0.2) is 6.61 Å². The smallest absolute Gasteiger partial charge is 0.416 e. The molecule has 0 bridgehead atoms. The summed E-state index contributed by atoms with van der Waals surface area (Å²) >= 11 is 0. The lowest BCUT2D eigenvalue weighted by atomic mass is 10.1. The monoisotopic (exact) mass is 430 g/mol. The molecule has 0 aliphatic rings. The van der Waals surface area contributed by atoms with Crippen molar-refractivity contribution >= 4 is 23.3 Å². The van der Waals surface area contributed by atoms with Crippen LogP contribution < -0.4 is 10.1 Å². The molecule has 0 amide bonds. The van der Waals surface area contributed by atoms with Crippen molar-refractivity contribution in [2.24, 2.45) is 0 Å². The SMILES string of the molecule is COc1ccccc1C(=O)COC(=O)c1cccnc1Nc1cccc(C(F)(F)F)c1. The Kier molecular flexibility index (Phi) is 6.54. The topological polar surface area (TPSA) is 77.5 Å². The number of ether oxygens (including phenoxy) is 2. The Morgan fingerprint density at radius 3 is 2.48 bits per heavy atom. The fourth-order valence-electron chi connectivity index (χ4n) is 2.74. The van der Waals surface area contributed by atoms with Gasteiger partial charge in [-0.15, -0.1) is 0 Å². The lowest BCUT2D eigenvalue weighted by molar-refractivity contribution is -0.137. The Morgan fingerprint density at radius 1 is 1.00 bits per heavy atom. The standard InChI is InChI=1S/C22H17F3N2O4/c1-30-19-10-3-2-8-16(19)18(28)13-31-21(29)17-9-5-11-26-20(17)27-15-7-4-6-14(12-15)22(23,24)25/h2-12H,13H2,1H3,(H,26,27). The largest absolute Gasteiger partial charge is 0.496 e. The quantitative estimate of drug-likeness (QED) is 0.425. The summed E-state index contributed by atoms with van der Waals surface area (Å²) in [6.07, 6.45) is -3.14. The first-order valence-electron chi connectivity index (χ1n) is 9.02. The van der Waals surface area contributed by atoms with Gasteiger partial charge in [-0.1, -0.05) is 18.2 Å². The van der Waals surface area contributed by atoms with Crippen LogP contribution in [0.1, 0.15) is 26.3 Å². The number of ketones is 1. The minimum Gasteiger partial charge on any atom is -0.496 e. The Morgan fingerprint density at radius 2 is 1.74 bits per heavy atom. The summed E-state index contributed by atoms with van der Waals surface area (Å²) in [5.41, 5.74) is -0.535. The molecule has 0 radical (unpaired) electrons. The van der Waals surface area contributed by atoms with E-state index in [2.05, 4.69) is 10.3 Å². The van der Waals surface area contributed by atoms with Gasteiger partial charge in [-0.3, -0.25) is 4.79 Å². The van der Waals surface area contributed by atoms with Gasteiger partial charge in [0.05, 0.1) is 18.2 Å². The number of carbonyl (C=O) groups excluding carboxylic acids is 2. The average molecular weight is 430 g/mol. The first kappa shape index (κ1) is 21.8. The molecule has 1 heterocycles. The fraction of sp³-hybridized carbons (Fsp3) is 0.136. The Balaban J connectivity index is 1.74. The third-order valence-electron chi connectivity index (χ3n) is 4.22. The van der Waals surface area contributed by atoms with Crippen molar-refractivity contribution in [3.63, 3.8) is 0 Å². The highest BCUT2D eigenvalue weighted by Crippen LogP contribution is 2.31. The van der Waals surface area contributed by atoms with Gasteiger partial charge in [0.2, 0.25) is 5.78 Å². The minimum atomic E-state index is -4.51. The van der Waals surface area contributed by atoms with E-state index in [9.17, 15) is 22.8 Å². The zero-order valence-corrected chi connectivity index (χ0v) is 16.3. The van der Waals surface area contributed by atoms with Crippen LogP contribution in [0.25, 0.3) is 0 Å². The molecule has 9 heteroatoms. The number of carbonyl (C=O) groups is 2. The first-order chi connectivity index (χ1) is 14.8. The van der Waals surface area contributed by atoms with E-state index in [0.717, 1.165) is 12.1 Å². The van der Waals surface area contributed by atoms with Gasteiger partial charge in [-0.05, 0) is 42.5 Å². The summed E-state index contributed by atoms with van der Waals surface area (Å²) in [6.45, 7) is -0.545. The van der Waals surface area contributed by atoms with E-state index in [1.54, 1.807) is 24.3 Å². The van der Waals surface area contributed by atoms with E-state index < -0.39 is 30.1 Å². The summed E-state index contributed by atoms with van der Waals surface area (Å²) in [5, 5.41) is 2.69. The third-order valence-corrected chi connectivity index (χ3v) is 4.22. The highest BCUT2D eigenvalue weighted by atomic mass is 19.4. The van der Waals surface area contributed by atoms with Crippen LogP contribution in [-0.2, 0) is 10.9 Å². The van der Waals surface area contributed by atoms with E-state index in [1.807, 2.05) is 0 Å². The number of nitrogens with zero attached hydrogens (tertiary/aromatic N) is 1. The van der Waals surface area contributed by atoms with Crippen LogP contribution in [0.2, 0.25) is 0 Å². The maximum absolute atomic E-state index is 12.9. The van der Waals surface area contributed by atoms with Gasteiger partial charge in [0.25, 0.3) is 0 Å². The number of benzene rings is 2. The van der Waals surface area contributed by atoms with Crippen molar-refractivity contribution < 1.29 is 32.2 Å². The Hall–Kier alpha value is -3.88. The van der Waals surface area contributed by atoms with Crippen LogP contribution in [0.5, 0.6) is 5.75 Å². The minimum absolute atomic E-state index is 0.00318. The molecule has 0 fully saturated rings. The molecule has 6 nitrogen and oxygen atoms in total. The van der Waals surface area contributed by atoms with E-state index >= 15 is 0 Å². The average Bonchev–Trinajstić information content (AvgIpc) is 2.77. The van der Waals surface area contributed by atoms with Crippen LogP contribution >= 0.6 is 0 Å². The molecule has 0 saturated heterocycles. The molecular weight excluding hydrogens is 413 g/mol. The zero-order valence-electron chi connectivity index (χ0n) is 16.3. The molecule has 0 aliphatic carbocycles. The second-order valence-electron chi connectivity index (χ2n) is 6.30. The number of alkyl halides is 3. The number of Topliss-reactive ketones (excluding diaryl/α,β-unsaturated/α-hetero) is 1. The van der Waals surface area contributed by atoms with Gasteiger partial charge in [0, 0.05) is 11.9 Å². The predicted molar refractivity (Wildman–Crippen MR) is 107 cm³/mol. The number of esters is 1. The first-order valence-corrected chi connectivity index (χ1v) is 9.02. The summed E-state index contributed by atoms with van der Waals surface area (Å²) in [5.74, 6) is -0.985. The molecule has 0 saturated carbocycles. The van der Waals surface area contributed by atoms with Gasteiger partial charge in [-0.2, -0.15) is 13.2 Å². The molecule has 0 spiro atoms. The molecule has 31 heavy (non-hydrogen) atoms. The number of aromatic nitrogens is 1. The van der Waals surface area contributed by atoms with Gasteiger partial charge < -0.3 is 14.8 Å². The van der Waals surface area contributed by atoms with E-state index in [0.29, 0.717) is 5.75 Å². The van der Waals surface area contributed by atoms with E-state index in [4.69, 9.17) is 9.47 Å². The van der Waals surface area contributed by atoms with Crippen molar-refractivity contribution in [1.82, 2.24) is 4.98 Å². The molecule has 0 aliphatic heterocycles. The third kappa shape index (κ3) is 5.39. The second-order valence-corrected chi connectivity index (χ2v) is 6.30. The number of hydrogen-bond acceptors (Lipinski definition) is 6. The number of pyridine rings is 1. The van der Waals surface area contributed by atoms with Crippen LogP contribution in [0.15, 0.2) is 66.9 Å². The maximum atomic E-state index is 12.9. The van der Waals surface area contributed by atoms with Crippen molar-refractivity contribution in [1.29, 1.82) is 0 Å². The maximum Gasteiger partial charge on any atom is 0.416 e. The zero-order chi connectivity index (χ0) is 22.4. The molecule has 2 aromatic carbocycles. The number of anilines is 2. The highest BCUT2D eigenvalue weighted by molar-refractivity contribution is 6.02. The van der Waals surface area contributed by atoms with Crippen molar-refractivity contribution in [2.45, 2.75) is 6.18 Å². The van der Waals surface area contributed by atoms with Crippen LogP contribution in [0.4, 0.5) is 24.7 Å². The van der Waals surface area contributed by atoms with Crippen LogP contribution in [-0.4, -0.2) is 30.5 Å². The fourth-order valence-corrected chi connectivity index (χ4v) is 2.74. The van der Waals surface area contributed by atoms with Gasteiger partial charge in [0.1, 0.15) is 17.1 Å². The number of para-hydroxylation sites is 1. The number of nitrogens with one attached hydrogen (secondary N) is 1. The number of halogens is 3. The summed E-state index contributed by atoms with van der Waals surface area (Å²) in [6, 6.07) is 13.8. The Bertz CT molecular complexity index is 1100. The highest BCUT2D eigenvalue weighted by Gasteiger charge is 2.30. The number of methoxy groups -OCH3 is 1. The van der Waals surface area contributed by atoms with Crippen molar-refractivity contribution in [3.8, 4) is 5.75 Å². The van der Waals surface area contributed by atoms with Gasteiger partial charge in [-0.25, -0.2) is 9.78 Å². The van der Waals surface area contributed by atoms with Gasteiger partial charge >= 0.3 is 12.1 Å². The normalized spacial score (nSPS) is 11.0. The Labute approximate surface area is 175 Å². The molecule has 160 valence electrons. The number of hydrogen-bond donors (Lipinski definition) is 1. The van der Waals surface area contributed by atoms with Crippen molar-refractivity contribution in [2.75, 3.05) is 19.0 Å². The molecule has 0 atom stereocenters. The molecular formula is C22H17F3N2O4. The second kappa shape index (κ2) is 9.29. The number of rotatable bonds is 7. The molecule has 0 unspecified atom stereocenters. The van der Waals surface area contributed by atoms with Crippen LogP contribution in [0, 0.1) is 0 Å². The van der Waals surface area contributed by atoms with Crippen molar-refractivity contribution in [3.05, 3.63) is 83.6 Å². The molecule has 1 N–H and O–H groups in total. The lowest BCUT2D eigenvalue weighted by Crippen LogP contribution is -2.16. The summed E-state index contributed by atoms with van der Waals surface area (Å²) < 4.78 is 49.0. The molecule has 3 aromatic rings. The summed E-state index contributed by atoms with van der Waals surface area (Å²) in [7, 11) is 1.42. The predicted octanol–water partition coefficient (Wildman–Crippen LogP) is 4.89. The van der Waals surface area contributed by atoms with E-state index in [-0.39, 0.29) is 22.6 Å². The molecule has 3 rings (SSSR count).